The number of anilines is 1. The molecule has 2 aromatic carbocycles. The lowest BCUT2D eigenvalue weighted by molar-refractivity contribution is -0.120. The van der Waals surface area contributed by atoms with Crippen LogP contribution in [0.5, 0.6) is 0 Å². The van der Waals surface area contributed by atoms with Crippen molar-refractivity contribution in [1.29, 1.82) is 0 Å². The number of amides is 1. The Balaban J connectivity index is 1.72. The number of carbonyl (C=O) groups excluding carboxylic acids is 1. The maximum atomic E-state index is 13.3. The molecule has 0 unspecified atom stereocenters. The van der Waals surface area contributed by atoms with Gasteiger partial charge in [-0.15, -0.1) is 0 Å². The van der Waals surface area contributed by atoms with Crippen molar-refractivity contribution in [3.63, 3.8) is 0 Å². The fourth-order valence-electron chi connectivity index (χ4n) is 4.69. The van der Waals surface area contributed by atoms with Crippen molar-refractivity contribution in [2.45, 2.75) is 65.2 Å². The predicted molar refractivity (Wildman–Crippen MR) is 126 cm³/mol. The molecule has 0 bridgehead atoms. The van der Waals surface area contributed by atoms with Gasteiger partial charge in [0.05, 0.1) is 4.90 Å². The average molecular weight is 443 g/mol. The number of aryl methyl sites for hydroxylation is 5. The molecule has 1 saturated heterocycles. The predicted octanol–water partition coefficient (Wildman–Crippen LogP) is 4.78. The number of nitrogens with zero attached hydrogens (tertiary/aromatic N) is 1. The van der Waals surface area contributed by atoms with Crippen LogP contribution in [0.1, 0.15) is 54.5 Å². The second-order valence-corrected chi connectivity index (χ2v) is 10.4. The van der Waals surface area contributed by atoms with Crippen molar-refractivity contribution in [3.8, 4) is 0 Å². The fraction of sp³-hybridized carbons (Fsp3) is 0.480. The van der Waals surface area contributed by atoms with Crippen LogP contribution in [0, 0.1) is 26.7 Å². The van der Waals surface area contributed by atoms with E-state index in [1.165, 1.54) is 0 Å². The molecule has 168 valence electrons. The summed E-state index contributed by atoms with van der Waals surface area (Å²) in [6.45, 7) is 10.6. The Hall–Kier alpha value is -2.18. The Bertz CT molecular complexity index is 1020. The minimum atomic E-state index is -3.57. The molecule has 1 aliphatic rings. The summed E-state index contributed by atoms with van der Waals surface area (Å²) in [6.07, 6.45) is 2.78. The SMILES string of the molecule is CCc1cccc(CC)c1NC(=O)C1CCN(S(=O)(=O)c2c(C)cc(C)cc2C)CC1. The van der Waals surface area contributed by atoms with E-state index in [9.17, 15) is 13.2 Å². The summed E-state index contributed by atoms with van der Waals surface area (Å²) < 4.78 is 28.1. The van der Waals surface area contributed by atoms with E-state index in [0.717, 1.165) is 46.3 Å². The van der Waals surface area contributed by atoms with E-state index >= 15 is 0 Å². The van der Waals surface area contributed by atoms with Crippen LogP contribution in [0.2, 0.25) is 0 Å². The van der Waals surface area contributed by atoms with Gasteiger partial charge >= 0.3 is 0 Å². The van der Waals surface area contributed by atoms with Gasteiger partial charge in [-0.3, -0.25) is 4.79 Å². The van der Waals surface area contributed by atoms with E-state index in [0.29, 0.717) is 30.8 Å². The standard InChI is InChI=1S/C25H34N2O3S/c1-6-20-9-8-10-21(7-2)23(20)26-25(28)22-11-13-27(14-12-22)31(29,30)24-18(4)15-17(3)16-19(24)5/h8-10,15-16,22H,6-7,11-14H2,1-5H3,(H,26,28). The molecule has 1 heterocycles. The zero-order valence-electron chi connectivity index (χ0n) is 19.3. The first-order valence-electron chi connectivity index (χ1n) is 11.2. The maximum Gasteiger partial charge on any atom is 0.243 e. The molecule has 31 heavy (non-hydrogen) atoms. The molecule has 1 N–H and O–H groups in total. The van der Waals surface area contributed by atoms with E-state index in [1.54, 1.807) is 4.31 Å². The third-order valence-electron chi connectivity index (χ3n) is 6.27. The van der Waals surface area contributed by atoms with E-state index in [1.807, 2.05) is 39.0 Å². The topological polar surface area (TPSA) is 66.5 Å². The van der Waals surface area contributed by atoms with E-state index in [2.05, 4.69) is 31.3 Å². The van der Waals surface area contributed by atoms with Gasteiger partial charge in [-0.2, -0.15) is 4.31 Å². The minimum Gasteiger partial charge on any atom is -0.325 e. The van der Waals surface area contributed by atoms with E-state index in [-0.39, 0.29) is 11.8 Å². The number of hydrogen-bond acceptors (Lipinski definition) is 3. The second-order valence-electron chi connectivity index (χ2n) is 8.55. The van der Waals surface area contributed by atoms with E-state index < -0.39 is 10.0 Å². The molecule has 2 aromatic rings. The van der Waals surface area contributed by atoms with Gasteiger partial charge in [0.25, 0.3) is 0 Å². The second kappa shape index (κ2) is 9.53. The van der Waals surface area contributed by atoms with Crippen LogP contribution >= 0.6 is 0 Å². The molecule has 5 nitrogen and oxygen atoms in total. The average Bonchev–Trinajstić information content (AvgIpc) is 2.73. The summed E-state index contributed by atoms with van der Waals surface area (Å²) in [5, 5.41) is 3.15. The third kappa shape index (κ3) is 4.85. The Morgan fingerprint density at radius 1 is 1.00 bits per heavy atom. The number of piperidine rings is 1. The smallest absolute Gasteiger partial charge is 0.243 e. The van der Waals surface area contributed by atoms with Crippen molar-refractivity contribution in [2.24, 2.45) is 5.92 Å². The lowest BCUT2D eigenvalue weighted by Crippen LogP contribution is -2.41. The Labute approximate surface area is 186 Å². The van der Waals surface area contributed by atoms with Gasteiger partial charge < -0.3 is 5.32 Å². The summed E-state index contributed by atoms with van der Waals surface area (Å²) in [5.74, 6) is -0.184. The summed E-state index contributed by atoms with van der Waals surface area (Å²) in [5.41, 5.74) is 5.82. The third-order valence-corrected chi connectivity index (χ3v) is 8.48. The molecule has 1 aliphatic heterocycles. The largest absolute Gasteiger partial charge is 0.325 e. The van der Waals surface area contributed by atoms with Gasteiger partial charge in [0.15, 0.2) is 0 Å². The van der Waals surface area contributed by atoms with E-state index in [4.69, 9.17) is 0 Å². The minimum absolute atomic E-state index is 0.00431. The van der Waals surface area contributed by atoms with Crippen molar-refractivity contribution in [3.05, 3.63) is 58.1 Å². The molecule has 0 aromatic heterocycles. The quantitative estimate of drug-likeness (QED) is 0.700. The number of para-hydroxylation sites is 1. The van der Waals surface area contributed by atoms with Gasteiger partial charge in [-0.05, 0) is 68.7 Å². The molecule has 0 spiro atoms. The molecule has 0 saturated carbocycles. The number of rotatable bonds is 6. The summed E-state index contributed by atoms with van der Waals surface area (Å²) >= 11 is 0. The first-order chi connectivity index (χ1) is 14.7. The van der Waals surface area contributed by atoms with Crippen molar-refractivity contribution >= 4 is 21.6 Å². The van der Waals surface area contributed by atoms with Gasteiger partial charge in [0.1, 0.15) is 0 Å². The van der Waals surface area contributed by atoms with Crippen molar-refractivity contribution in [2.75, 3.05) is 18.4 Å². The molecule has 1 amide bonds. The Kier molecular flexibility index (Phi) is 7.22. The normalized spacial score (nSPS) is 15.8. The van der Waals surface area contributed by atoms with Crippen LogP contribution in [-0.2, 0) is 27.7 Å². The first-order valence-corrected chi connectivity index (χ1v) is 12.6. The molecule has 1 fully saturated rings. The van der Waals surface area contributed by atoms with Crippen LogP contribution < -0.4 is 5.32 Å². The van der Waals surface area contributed by atoms with Crippen LogP contribution in [0.3, 0.4) is 0 Å². The van der Waals surface area contributed by atoms with Crippen LogP contribution in [0.4, 0.5) is 5.69 Å². The zero-order chi connectivity index (χ0) is 22.8. The highest BCUT2D eigenvalue weighted by atomic mass is 32.2. The molecular formula is C25H34N2O3S. The number of carbonyl (C=O) groups is 1. The number of nitrogens with one attached hydrogen (secondary N) is 1. The lowest BCUT2D eigenvalue weighted by atomic mass is 9.96. The first kappa shape index (κ1) is 23.5. The molecule has 0 atom stereocenters. The molecule has 0 aliphatic carbocycles. The van der Waals surface area contributed by atoms with Gasteiger partial charge in [-0.25, -0.2) is 8.42 Å². The molecule has 3 rings (SSSR count). The van der Waals surface area contributed by atoms with Crippen molar-refractivity contribution < 1.29 is 13.2 Å². The van der Waals surface area contributed by atoms with Crippen LogP contribution in [0.15, 0.2) is 35.2 Å². The van der Waals surface area contributed by atoms with Gasteiger partial charge in [-0.1, -0.05) is 49.7 Å². The Morgan fingerprint density at radius 3 is 2.00 bits per heavy atom. The zero-order valence-corrected chi connectivity index (χ0v) is 20.1. The molecule has 6 heteroatoms. The number of hydrogen-bond donors (Lipinski definition) is 1. The molecular weight excluding hydrogens is 408 g/mol. The lowest BCUT2D eigenvalue weighted by Gasteiger charge is -2.31. The molecule has 0 radical (unpaired) electrons. The number of benzene rings is 2. The van der Waals surface area contributed by atoms with Crippen molar-refractivity contribution in [1.82, 2.24) is 4.31 Å². The summed E-state index contributed by atoms with van der Waals surface area (Å²) in [4.78, 5) is 13.4. The van der Waals surface area contributed by atoms with Crippen LogP contribution in [0.25, 0.3) is 0 Å². The van der Waals surface area contributed by atoms with Gasteiger partial charge in [0, 0.05) is 24.7 Å². The highest BCUT2D eigenvalue weighted by Gasteiger charge is 2.34. The fourth-order valence-corrected chi connectivity index (χ4v) is 6.57. The van der Waals surface area contributed by atoms with Gasteiger partial charge in [0.2, 0.25) is 15.9 Å². The number of sulfonamides is 1. The highest BCUT2D eigenvalue weighted by molar-refractivity contribution is 7.89. The Morgan fingerprint density at radius 2 is 1.52 bits per heavy atom. The highest BCUT2D eigenvalue weighted by Crippen LogP contribution is 2.30. The maximum absolute atomic E-state index is 13.3. The summed E-state index contributed by atoms with van der Waals surface area (Å²) in [7, 11) is -3.57. The van der Waals surface area contributed by atoms with Crippen LogP contribution in [-0.4, -0.2) is 31.7 Å². The monoisotopic (exact) mass is 442 g/mol. The summed E-state index contributed by atoms with van der Waals surface area (Å²) in [6, 6.07) is 9.96.